The van der Waals surface area contributed by atoms with Crippen molar-refractivity contribution in [2.24, 2.45) is 0 Å². The van der Waals surface area contributed by atoms with Crippen molar-refractivity contribution in [1.82, 2.24) is 0 Å². The van der Waals surface area contributed by atoms with Crippen LogP contribution in [0.2, 0.25) is 5.02 Å². The Labute approximate surface area is 92.6 Å². The summed E-state index contributed by atoms with van der Waals surface area (Å²) >= 11 is 5.78. The van der Waals surface area contributed by atoms with Crippen molar-refractivity contribution < 1.29 is 14.6 Å². The summed E-state index contributed by atoms with van der Waals surface area (Å²) in [7, 11) is 0. The average Bonchev–Trinajstić information content (AvgIpc) is 2.09. The average molecular weight is 230 g/mol. The number of rotatable bonds is 3. The molecule has 3 N–H and O–H groups in total. The van der Waals surface area contributed by atoms with Crippen molar-refractivity contribution in [3.8, 4) is 5.75 Å². The fourth-order valence-electron chi connectivity index (χ4n) is 1.11. The number of hydrogen-bond donors (Lipinski definition) is 2. The fourth-order valence-corrected chi connectivity index (χ4v) is 1.32. The Bertz CT molecular complexity index is 390. The maximum absolute atomic E-state index is 10.8. The maximum Gasteiger partial charge on any atom is 0.337 e. The first-order chi connectivity index (χ1) is 6.91. The van der Waals surface area contributed by atoms with E-state index in [1.165, 1.54) is 12.1 Å². The molecule has 0 atom stereocenters. The lowest BCUT2D eigenvalue weighted by molar-refractivity contribution is 0.0697. The minimum atomic E-state index is -1.12. The van der Waals surface area contributed by atoms with E-state index in [9.17, 15) is 4.79 Å². The smallest absolute Gasteiger partial charge is 0.337 e. The van der Waals surface area contributed by atoms with E-state index >= 15 is 0 Å². The Balaban J connectivity index is 3.17. The molecule has 0 aromatic heterocycles. The molecule has 0 saturated heterocycles. The predicted molar refractivity (Wildman–Crippen MR) is 58.6 cm³/mol. The van der Waals surface area contributed by atoms with Crippen LogP contribution in [0, 0.1) is 0 Å². The van der Waals surface area contributed by atoms with Crippen molar-refractivity contribution in [1.29, 1.82) is 0 Å². The van der Waals surface area contributed by atoms with Gasteiger partial charge in [-0.1, -0.05) is 11.6 Å². The van der Waals surface area contributed by atoms with Gasteiger partial charge in [-0.2, -0.15) is 0 Å². The van der Waals surface area contributed by atoms with Crippen LogP contribution in [0.1, 0.15) is 24.2 Å². The second-order valence-corrected chi connectivity index (χ2v) is 3.75. The summed E-state index contributed by atoms with van der Waals surface area (Å²) in [6, 6.07) is 2.87. The zero-order chi connectivity index (χ0) is 11.6. The maximum atomic E-state index is 10.8. The summed E-state index contributed by atoms with van der Waals surface area (Å²) in [4.78, 5) is 10.8. The van der Waals surface area contributed by atoms with E-state index in [0.717, 1.165) is 0 Å². The van der Waals surface area contributed by atoms with Crippen LogP contribution in [0.4, 0.5) is 5.69 Å². The summed E-state index contributed by atoms with van der Waals surface area (Å²) in [5, 5.41) is 9.04. The third-order valence-corrected chi connectivity index (χ3v) is 2.02. The van der Waals surface area contributed by atoms with Crippen molar-refractivity contribution in [3.05, 3.63) is 22.7 Å². The zero-order valence-electron chi connectivity index (χ0n) is 8.45. The normalized spacial score (nSPS) is 10.4. The monoisotopic (exact) mass is 229 g/mol. The fraction of sp³-hybridized carbons (Fsp3) is 0.300. The highest BCUT2D eigenvalue weighted by Crippen LogP contribution is 2.29. The zero-order valence-corrected chi connectivity index (χ0v) is 9.21. The van der Waals surface area contributed by atoms with Crippen molar-refractivity contribution in [2.75, 3.05) is 5.73 Å². The molecule has 1 aromatic carbocycles. The third-order valence-electron chi connectivity index (χ3n) is 1.71. The highest BCUT2D eigenvalue weighted by molar-refractivity contribution is 6.34. The van der Waals surface area contributed by atoms with E-state index in [0.29, 0.717) is 5.75 Å². The van der Waals surface area contributed by atoms with E-state index in [2.05, 4.69) is 0 Å². The number of carboxylic acids is 1. The van der Waals surface area contributed by atoms with Crippen LogP contribution < -0.4 is 10.5 Å². The SMILES string of the molecule is CC(C)Oc1cc(Cl)c(N)c(C(=O)O)c1. The van der Waals surface area contributed by atoms with E-state index < -0.39 is 5.97 Å². The van der Waals surface area contributed by atoms with Gasteiger partial charge in [0.05, 0.1) is 22.4 Å². The molecule has 0 aliphatic rings. The minimum absolute atomic E-state index is 0.0434. The molecule has 0 amide bonds. The molecule has 0 aliphatic carbocycles. The number of halogens is 1. The lowest BCUT2D eigenvalue weighted by Crippen LogP contribution is -2.08. The molecule has 1 aromatic rings. The number of carbonyl (C=O) groups is 1. The molecule has 0 aliphatic heterocycles. The van der Waals surface area contributed by atoms with E-state index in [-0.39, 0.29) is 22.4 Å². The van der Waals surface area contributed by atoms with Gasteiger partial charge >= 0.3 is 5.97 Å². The van der Waals surface area contributed by atoms with E-state index in [1.54, 1.807) is 0 Å². The van der Waals surface area contributed by atoms with Crippen LogP contribution in [-0.2, 0) is 0 Å². The Hall–Kier alpha value is -1.42. The first kappa shape index (κ1) is 11.7. The van der Waals surface area contributed by atoms with Gasteiger partial charge in [0.25, 0.3) is 0 Å². The van der Waals surface area contributed by atoms with Gasteiger partial charge in [-0.25, -0.2) is 4.79 Å². The van der Waals surface area contributed by atoms with Gasteiger partial charge in [0, 0.05) is 6.07 Å². The minimum Gasteiger partial charge on any atom is -0.491 e. The van der Waals surface area contributed by atoms with Gasteiger partial charge in [0.15, 0.2) is 0 Å². The molecule has 15 heavy (non-hydrogen) atoms. The molecule has 0 unspecified atom stereocenters. The molecule has 5 heteroatoms. The number of anilines is 1. The molecule has 82 valence electrons. The molecule has 0 spiro atoms. The summed E-state index contributed by atoms with van der Waals surface area (Å²) in [5.41, 5.74) is 5.53. The van der Waals surface area contributed by atoms with Crippen LogP contribution in [0.3, 0.4) is 0 Å². The van der Waals surface area contributed by atoms with Crippen LogP contribution in [-0.4, -0.2) is 17.2 Å². The molecule has 0 radical (unpaired) electrons. The van der Waals surface area contributed by atoms with Gasteiger partial charge < -0.3 is 15.6 Å². The number of aromatic carboxylic acids is 1. The second kappa shape index (κ2) is 4.40. The van der Waals surface area contributed by atoms with Crippen molar-refractivity contribution in [3.63, 3.8) is 0 Å². The standard InChI is InChI=1S/C10H12ClNO3/c1-5(2)15-6-3-7(10(13)14)9(12)8(11)4-6/h3-5H,12H2,1-2H3,(H,13,14). The summed E-state index contributed by atoms with van der Waals surface area (Å²) in [5.74, 6) is -0.717. The van der Waals surface area contributed by atoms with Gasteiger partial charge in [-0.15, -0.1) is 0 Å². The van der Waals surface area contributed by atoms with E-state index in [4.69, 9.17) is 27.2 Å². The van der Waals surface area contributed by atoms with Crippen LogP contribution in [0.5, 0.6) is 5.75 Å². The van der Waals surface area contributed by atoms with Gasteiger partial charge in [0.2, 0.25) is 0 Å². The Morgan fingerprint density at radius 1 is 1.53 bits per heavy atom. The number of ether oxygens (including phenoxy) is 1. The Kier molecular flexibility index (Phi) is 3.42. The van der Waals surface area contributed by atoms with Gasteiger partial charge in [-0.3, -0.25) is 0 Å². The molecular formula is C10H12ClNO3. The number of carboxylic acid groups (broad SMARTS) is 1. The van der Waals surface area contributed by atoms with Crippen LogP contribution >= 0.6 is 11.6 Å². The highest BCUT2D eigenvalue weighted by atomic mass is 35.5. The lowest BCUT2D eigenvalue weighted by Gasteiger charge is -2.12. The van der Waals surface area contributed by atoms with Gasteiger partial charge in [-0.05, 0) is 19.9 Å². The third kappa shape index (κ3) is 2.76. The predicted octanol–water partition coefficient (Wildman–Crippen LogP) is 2.41. The Morgan fingerprint density at radius 2 is 2.13 bits per heavy atom. The lowest BCUT2D eigenvalue weighted by atomic mass is 10.1. The Morgan fingerprint density at radius 3 is 2.60 bits per heavy atom. The first-order valence-electron chi connectivity index (χ1n) is 4.40. The second-order valence-electron chi connectivity index (χ2n) is 3.34. The van der Waals surface area contributed by atoms with E-state index in [1.807, 2.05) is 13.8 Å². The highest BCUT2D eigenvalue weighted by Gasteiger charge is 2.13. The topological polar surface area (TPSA) is 72.5 Å². The number of nitrogen functional groups attached to an aromatic ring is 1. The number of benzene rings is 1. The quantitative estimate of drug-likeness (QED) is 0.781. The van der Waals surface area contributed by atoms with Crippen molar-refractivity contribution in [2.45, 2.75) is 20.0 Å². The molecule has 0 heterocycles. The summed E-state index contributed by atoms with van der Waals surface area (Å²) in [6.07, 6.45) is -0.0497. The summed E-state index contributed by atoms with van der Waals surface area (Å²) < 4.78 is 5.34. The molecular weight excluding hydrogens is 218 g/mol. The summed E-state index contributed by atoms with van der Waals surface area (Å²) in [6.45, 7) is 3.68. The molecule has 1 rings (SSSR count). The van der Waals surface area contributed by atoms with Crippen LogP contribution in [0.15, 0.2) is 12.1 Å². The molecule has 0 bridgehead atoms. The molecule has 4 nitrogen and oxygen atoms in total. The number of hydrogen-bond acceptors (Lipinski definition) is 3. The molecule has 0 saturated carbocycles. The largest absolute Gasteiger partial charge is 0.491 e. The van der Waals surface area contributed by atoms with Crippen molar-refractivity contribution >= 4 is 23.3 Å². The van der Waals surface area contributed by atoms with Crippen LogP contribution in [0.25, 0.3) is 0 Å². The first-order valence-corrected chi connectivity index (χ1v) is 4.78. The molecule has 0 fully saturated rings. The van der Waals surface area contributed by atoms with Gasteiger partial charge in [0.1, 0.15) is 5.75 Å². The number of nitrogens with two attached hydrogens (primary N) is 1.